The second kappa shape index (κ2) is 4.83. The molecule has 1 rings (SSSR count). The minimum Gasteiger partial charge on any atom is -0.411 e. The summed E-state index contributed by atoms with van der Waals surface area (Å²) in [6.45, 7) is 12.7. The van der Waals surface area contributed by atoms with Gasteiger partial charge in [-0.25, -0.2) is 0 Å². The third-order valence-electron chi connectivity index (χ3n) is 2.30. The fraction of sp³-hybridized carbons (Fsp3) is 0.833. The van der Waals surface area contributed by atoms with Gasteiger partial charge in [0.1, 0.15) is 5.76 Å². The number of hydrogen-bond donors (Lipinski definition) is 0. The summed E-state index contributed by atoms with van der Waals surface area (Å²) in [5, 5.41) is 2.05. The molecule has 0 saturated carbocycles. The Morgan fingerprint density at radius 1 is 1.21 bits per heavy atom. The minimum atomic E-state index is 0.271. The first-order chi connectivity index (χ1) is 6.47. The molecule has 1 aliphatic rings. The van der Waals surface area contributed by atoms with Crippen molar-refractivity contribution >= 4 is 0 Å². The monoisotopic (exact) mass is 197 g/mol. The molecule has 0 atom stereocenters. The average Bonchev–Trinajstić information content (AvgIpc) is 2.02. The van der Waals surface area contributed by atoms with Crippen LogP contribution in [0.15, 0.2) is 12.3 Å². The first-order valence-corrected chi connectivity index (χ1v) is 5.58. The number of hydroxylamine groups is 2. The van der Waals surface area contributed by atoms with Crippen molar-refractivity contribution in [3.05, 3.63) is 12.3 Å². The first-order valence-electron chi connectivity index (χ1n) is 5.58. The highest BCUT2D eigenvalue weighted by Crippen LogP contribution is 2.24. The van der Waals surface area contributed by atoms with Crippen molar-refractivity contribution in [2.24, 2.45) is 5.41 Å². The molecule has 14 heavy (non-hydrogen) atoms. The lowest BCUT2D eigenvalue weighted by Gasteiger charge is -2.29. The predicted molar refractivity (Wildman–Crippen MR) is 59.7 cm³/mol. The second-order valence-corrected chi connectivity index (χ2v) is 5.36. The fourth-order valence-electron chi connectivity index (χ4n) is 1.76. The summed E-state index contributed by atoms with van der Waals surface area (Å²) in [6.07, 6.45) is 4.78. The van der Waals surface area contributed by atoms with Gasteiger partial charge in [-0.1, -0.05) is 33.8 Å². The largest absolute Gasteiger partial charge is 0.411 e. The Balaban J connectivity index is 2.25. The highest BCUT2D eigenvalue weighted by molar-refractivity contribution is 4.87. The van der Waals surface area contributed by atoms with Gasteiger partial charge < -0.3 is 4.84 Å². The molecule has 0 spiro atoms. The number of piperidine rings is 1. The maximum Gasteiger partial charge on any atom is 0.117 e. The topological polar surface area (TPSA) is 12.5 Å². The Labute approximate surface area is 87.9 Å². The Hall–Kier alpha value is -0.500. The minimum absolute atomic E-state index is 0.271. The molecule has 0 aliphatic carbocycles. The molecule has 0 aromatic rings. The molecule has 0 N–H and O–H groups in total. The summed E-state index contributed by atoms with van der Waals surface area (Å²) in [5.74, 6) is 0.902. The zero-order chi connectivity index (χ0) is 10.6. The third kappa shape index (κ3) is 4.66. The molecular weight excluding hydrogens is 174 g/mol. The van der Waals surface area contributed by atoms with Gasteiger partial charge in [-0.15, -0.1) is 5.06 Å². The highest BCUT2D eigenvalue weighted by atomic mass is 16.7. The van der Waals surface area contributed by atoms with Crippen LogP contribution < -0.4 is 0 Å². The fourth-order valence-corrected chi connectivity index (χ4v) is 1.76. The molecule has 0 radical (unpaired) electrons. The van der Waals surface area contributed by atoms with Gasteiger partial charge in [-0.2, -0.15) is 0 Å². The van der Waals surface area contributed by atoms with Crippen LogP contribution in [-0.2, 0) is 4.84 Å². The van der Waals surface area contributed by atoms with Crippen molar-refractivity contribution in [1.29, 1.82) is 0 Å². The Kier molecular flexibility index (Phi) is 3.99. The molecule has 0 bridgehead atoms. The normalized spacial score (nSPS) is 19.4. The summed E-state index contributed by atoms with van der Waals surface area (Å²) in [5.41, 5.74) is 0.271. The van der Waals surface area contributed by atoms with E-state index < -0.39 is 0 Å². The molecule has 1 fully saturated rings. The van der Waals surface area contributed by atoms with E-state index in [0.29, 0.717) is 0 Å². The summed E-state index contributed by atoms with van der Waals surface area (Å²) in [6, 6.07) is 0. The van der Waals surface area contributed by atoms with Gasteiger partial charge >= 0.3 is 0 Å². The van der Waals surface area contributed by atoms with E-state index in [2.05, 4.69) is 32.4 Å². The lowest BCUT2D eigenvalue weighted by molar-refractivity contribution is -0.135. The molecule has 2 heteroatoms. The van der Waals surface area contributed by atoms with Crippen LogP contribution in [0.2, 0.25) is 0 Å². The van der Waals surface area contributed by atoms with Crippen molar-refractivity contribution in [3.8, 4) is 0 Å². The Bertz CT molecular complexity index is 187. The molecule has 1 heterocycles. The average molecular weight is 197 g/mol. The second-order valence-electron chi connectivity index (χ2n) is 5.36. The molecule has 0 unspecified atom stereocenters. The molecule has 82 valence electrons. The third-order valence-corrected chi connectivity index (χ3v) is 2.30. The van der Waals surface area contributed by atoms with Crippen molar-refractivity contribution in [3.63, 3.8) is 0 Å². The first kappa shape index (κ1) is 11.6. The smallest absolute Gasteiger partial charge is 0.117 e. The van der Waals surface area contributed by atoms with Gasteiger partial charge in [0.15, 0.2) is 0 Å². The maximum atomic E-state index is 5.71. The zero-order valence-electron chi connectivity index (χ0n) is 9.81. The predicted octanol–water partition coefficient (Wildman–Crippen LogP) is 3.35. The number of hydrogen-bond acceptors (Lipinski definition) is 2. The van der Waals surface area contributed by atoms with E-state index in [1.165, 1.54) is 19.3 Å². The maximum absolute atomic E-state index is 5.71. The number of allylic oxidation sites excluding steroid dienone is 1. The number of nitrogens with zero attached hydrogens (tertiary/aromatic N) is 1. The SMILES string of the molecule is C=C(CC(C)(C)C)ON1CCCCC1. The van der Waals surface area contributed by atoms with E-state index in [1.807, 2.05) is 0 Å². The van der Waals surface area contributed by atoms with E-state index in [-0.39, 0.29) is 5.41 Å². The summed E-state index contributed by atoms with van der Waals surface area (Å²) < 4.78 is 0. The lowest BCUT2D eigenvalue weighted by Crippen LogP contribution is -2.30. The molecule has 0 amide bonds. The molecule has 2 nitrogen and oxygen atoms in total. The van der Waals surface area contributed by atoms with Gasteiger partial charge in [0.25, 0.3) is 0 Å². The summed E-state index contributed by atoms with van der Waals surface area (Å²) >= 11 is 0. The van der Waals surface area contributed by atoms with Crippen LogP contribution in [0.4, 0.5) is 0 Å². The molecule has 1 saturated heterocycles. The quantitative estimate of drug-likeness (QED) is 0.643. The van der Waals surface area contributed by atoms with E-state index in [0.717, 1.165) is 25.3 Å². The standard InChI is InChI=1S/C12H23NO/c1-11(10-12(2,3)4)14-13-8-6-5-7-9-13/h1,5-10H2,2-4H3. The van der Waals surface area contributed by atoms with Crippen LogP contribution in [-0.4, -0.2) is 18.2 Å². The Morgan fingerprint density at radius 2 is 1.79 bits per heavy atom. The van der Waals surface area contributed by atoms with Crippen LogP contribution in [0.3, 0.4) is 0 Å². The van der Waals surface area contributed by atoms with Crippen LogP contribution in [0, 0.1) is 5.41 Å². The van der Waals surface area contributed by atoms with Crippen molar-refractivity contribution in [2.75, 3.05) is 13.1 Å². The van der Waals surface area contributed by atoms with Gasteiger partial charge in [-0.3, -0.25) is 0 Å². The van der Waals surface area contributed by atoms with E-state index in [9.17, 15) is 0 Å². The van der Waals surface area contributed by atoms with Gasteiger partial charge in [0, 0.05) is 19.5 Å². The zero-order valence-corrected chi connectivity index (χ0v) is 9.81. The molecule has 1 aliphatic heterocycles. The molecule has 0 aromatic heterocycles. The van der Waals surface area contributed by atoms with Crippen LogP contribution in [0.25, 0.3) is 0 Å². The van der Waals surface area contributed by atoms with E-state index in [1.54, 1.807) is 0 Å². The van der Waals surface area contributed by atoms with Gasteiger partial charge in [0.05, 0.1) is 0 Å². The van der Waals surface area contributed by atoms with Crippen LogP contribution >= 0.6 is 0 Å². The molecular formula is C12H23NO. The van der Waals surface area contributed by atoms with Crippen molar-refractivity contribution in [1.82, 2.24) is 5.06 Å². The Morgan fingerprint density at radius 3 is 2.29 bits per heavy atom. The van der Waals surface area contributed by atoms with Crippen molar-refractivity contribution in [2.45, 2.75) is 46.5 Å². The highest BCUT2D eigenvalue weighted by Gasteiger charge is 2.16. The summed E-state index contributed by atoms with van der Waals surface area (Å²) in [7, 11) is 0. The van der Waals surface area contributed by atoms with Crippen molar-refractivity contribution < 1.29 is 4.84 Å². The van der Waals surface area contributed by atoms with Crippen LogP contribution in [0.5, 0.6) is 0 Å². The number of rotatable bonds is 3. The molecule has 0 aromatic carbocycles. The van der Waals surface area contributed by atoms with Gasteiger partial charge in [0.2, 0.25) is 0 Å². The van der Waals surface area contributed by atoms with Gasteiger partial charge in [-0.05, 0) is 18.3 Å². The lowest BCUT2D eigenvalue weighted by atomic mass is 9.92. The van der Waals surface area contributed by atoms with E-state index >= 15 is 0 Å². The summed E-state index contributed by atoms with van der Waals surface area (Å²) in [4.78, 5) is 5.71. The van der Waals surface area contributed by atoms with Crippen LogP contribution in [0.1, 0.15) is 46.5 Å². The van der Waals surface area contributed by atoms with E-state index in [4.69, 9.17) is 4.84 Å².